The number of nitrogens with zero attached hydrogens (tertiary/aromatic N) is 1. The fourth-order valence-electron chi connectivity index (χ4n) is 0.0643. The second kappa shape index (κ2) is 2.21. The van der Waals surface area contributed by atoms with Gasteiger partial charge in [0, 0.05) is 6.92 Å². The standard InChI is InChI=1S/C3H3NO2/c1-3(5)6-4-2/h1H3. The predicted molar refractivity (Wildman–Crippen MR) is 18.4 cm³/mol. The summed E-state index contributed by atoms with van der Waals surface area (Å²) in [7, 11) is 0. The van der Waals surface area contributed by atoms with Crippen molar-refractivity contribution in [2.24, 2.45) is 0 Å². The molecule has 0 aromatic heterocycles. The van der Waals surface area contributed by atoms with E-state index in [0.29, 0.717) is 0 Å². The van der Waals surface area contributed by atoms with Crippen LogP contribution < -0.4 is 0 Å². The van der Waals surface area contributed by atoms with E-state index in [1.54, 1.807) is 0 Å². The Labute approximate surface area is 35.3 Å². The van der Waals surface area contributed by atoms with E-state index < -0.39 is 5.97 Å². The summed E-state index contributed by atoms with van der Waals surface area (Å²) in [6.45, 7) is 7.09. The van der Waals surface area contributed by atoms with Gasteiger partial charge in [-0.1, -0.05) is 0 Å². The van der Waals surface area contributed by atoms with Crippen LogP contribution in [0.1, 0.15) is 6.92 Å². The number of hydrogen-bond acceptors (Lipinski definition) is 2. The molecular formula is C3H3NO2. The first kappa shape index (κ1) is 4.96. The minimum absolute atomic E-state index is 0.565. The Kier molecular flexibility index (Phi) is 1.83. The molecule has 0 aromatic carbocycles. The first-order valence-corrected chi connectivity index (χ1v) is 1.31. The van der Waals surface area contributed by atoms with Crippen molar-refractivity contribution in [3.05, 3.63) is 11.6 Å². The number of rotatable bonds is 0. The predicted octanol–water partition coefficient (Wildman–Crippen LogP) is 0.384. The van der Waals surface area contributed by atoms with Crippen LogP contribution in [0.25, 0.3) is 5.01 Å². The van der Waals surface area contributed by atoms with Gasteiger partial charge in [-0.05, 0) is 5.01 Å². The van der Waals surface area contributed by atoms with Crippen LogP contribution in [0.2, 0.25) is 0 Å². The third-order valence-corrected chi connectivity index (χ3v) is 0.174. The highest BCUT2D eigenvalue weighted by molar-refractivity contribution is 5.66. The lowest BCUT2D eigenvalue weighted by molar-refractivity contribution is -0.135. The molecule has 0 atom stereocenters. The third-order valence-electron chi connectivity index (χ3n) is 0.174. The number of hydrogen-bond donors (Lipinski definition) is 0. The summed E-state index contributed by atoms with van der Waals surface area (Å²) in [6, 6.07) is 0. The zero-order valence-corrected chi connectivity index (χ0v) is 3.26. The van der Waals surface area contributed by atoms with E-state index in [1.807, 2.05) is 0 Å². The molecule has 0 aliphatic heterocycles. The Bertz CT molecular complexity index is 91.5. The number of carbonyl (C=O) groups excluding carboxylic acids is 1. The Hall–Kier alpha value is -1.04. The summed E-state index contributed by atoms with van der Waals surface area (Å²) in [5.74, 6) is -0.565. The Morgan fingerprint density at radius 2 is 2.50 bits per heavy atom. The topological polar surface area (TPSA) is 30.7 Å². The van der Waals surface area contributed by atoms with E-state index in [9.17, 15) is 4.79 Å². The summed E-state index contributed by atoms with van der Waals surface area (Å²) in [4.78, 5) is 13.3. The Balaban J connectivity index is 3.13. The molecule has 0 aliphatic rings. The average molecular weight is 85.1 g/mol. The van der Waals surface area contributed by atoms with E-state index in [2.05, 4.69) is 9.85 Å². The SMILES string of the molecule is [C-]#[N+]OC(C)=O. The molecule has 0 spiro atoms. The van der Waals surface area contributed by atoms with E-state index in [1.165, 1.54) is 6.92 Å². The van der Waals surface area contributed by atoms with Gasteiger partial charge in [0.25, 0.3) is 0 Å². The Morgan fingerprint density at radius 1 is 2.00 bits per heavy atom. The van der Waals surface area contributed by atoms with Crippen LogP contribution in [-0.4, -0.2) is 5.97 Å². The lowest BCUT2D eigenvalue weighted by Gasteiger charge is -1.68. The first-order valence-electron chi connectivity index (χ1n) is 1.31. The zero-order chi connectivity index (χ0) is 4.99. The van der Waals surface area contributed by atoms with Gasteiger partial charge in [0.15, 0.2) is 0 Å². The smallest absolute Gasteiger partial charge is 0.244 e. The minimum Gasteiger partial charge on any atom is -0.244 e. The molecule has 3 nitrogen and oxygen atoms in total. The molecule has 0 amide bonds. The van der Waals surface area contributed by atoms with Gasteiger partial charge in [-0.3, -0.25) is 0 Å². The molecule has 0 bridgehead atoms. The van der Waals surface area contributed by atoms with Gasteiger partial charge in [0.05, 0.1) is 0 Å². The molecule has 0 N–H and O–H groups in total. The van der Waals surface area contributed by atoms with E-state index in [0.717, 1.165) is 0 Å². The number of carbonyl (C=O) groups is 1. The van der Waals surface area contributed by atoms with Gasteiger partial charge < -0.3 is 0 Å². The highest BCUT2D eigenvalue weighted by atomic mass is 16.7. The maximum Gasteiger partial charge on any atom is 0.392 e. The maximum absolute atomic E-state index is 9.61. The van der Waals surface area contributed by atoms with Crippen molar-refractivity contribution in [1.29, 1.82) is 0 Å². The molecule has 0 aromatic rings. The third kappa shape index (κ3) is 2.96. The molecule has 0 heterocycles. The van der Waals surface area contributed by atoms with Crippen molar-refractivity contribution in [2.45, 2.75) is 6.92 Å². The van der Waals surface area contributed by atoms with E-state index in [4.69, 9.17) is 6.57 Å². The lowest BCUT2D eigenvalue weighted by Crippen LogP contribution is -1.85. The molecular weight excluding hydrogens is 82.0 g/mol. The van der Waals surface area contributed by atoms with Crippen molar-refractivity contribution in [3.8, 4) is 0 Å². The summed E-state index contributed by atoms with van der Waals surface area (Å²) in [5.41, 5.74) is 0. The van der Waals surface area contributed by atoms with Crippen LogP contribution in [0.3, 0.4) is 0 Å². The molecule has 0 aliphatic carbocycles. The monoisotopic (exact) mass is 85.0 g/mol. The largest absolute Gasteiger partial charge is 0.392 e. The molecule has 0 unspecified atom stereocenters. The van der Waals surface area contributed by atoms with E-state index >= 15 is 0 Å². The molecule has 32 valence electrons. The lowest BCUT2D eigenvalue weighted by atomic mass is 10.8. The first-order chi connectivity index (χ1) is 2.77. The summed E-state index contributed by atoms with van der Waals surface area (Å²) in [6.07, 6.45) is 0. The van der Waals surface area contributed by atoms with Crippen molar-refractivity contribution in [1.82, 2.24) is 0 Å². The van der Waals surface area contributed by atoms with Crippen molar-refractivity contribution in [3.63, 3.8) is 0 Å². The fraction of sp³-hybridized carbons (Fsp3) is 0.333. The van der Waals surface area contributed by atoms with Gasteiger partial charge in [-0.2, -0.15) is 6.57 Å². The van der Waals surface area contributed by atoms with Crippen molar-refractivity contribution < 1.29 is 9.63 Å². The van der Waals surface area contributed by atoms with Crippen LogP contribution in [0, 0.1) is 6.57 Å². The van der Waals surface area contributed by atoms with Crippen LogP contribution in [0.4, 0.5) is 0 Å². The van der Waals surface area contributed by atoms with Gasteiger partial charge in [0.2, 0.25) is 0 Å². The van der Waals surface area contributed by atoms with Gasteiger partial charge >= 0.3 is 5.97 Å². The quantitative estimate of drug-likeness (QED) is 0.314. The molecule has 6 heavy (non-hydrogen) atoms. The van der Waals surface area contributed by atoms with Crippen molar-refractivity contribution in [2.75, 3.05) is 0 Å². The molecule has 0 radical (unpaired) electrons. The normalized spacial score (nSPS) is 6.00. The molecule has 3 heteroatoms. The fourth-order valence-corrected chi connectivity index (χ4v) is 0.0643. The highest BCUT2D eigenvalue weighted by Crippen LogP contribution is 1.70. The minimum atomic E-state index is -0.565. The average Bonchev–Trinajstić information content (AvgIpc) is 1.35. The van der Waals surface area contributed by atoms with Crippen molar-refractivity contribution >= 4 is 5.97 Å². The van der Waals surface area contributed by atoms with E-state index in [-0.39, 0.29) is 0 Å². The zero-order valence-electron chi connectivity index (χ0n) is 3.26. The second-order valence-corrected chi connectivity index (χ2v) is 0.674. The summed E-state index contributed by atoms with van der Waals surface area (Å²) in [5, 5.41) is 2.34. The second-order valence-electron chi connectivity index (χ2n) is 0.674. The van der Waals surface area contributed by atoms with Crippen LogP contribution in [0.5, 0.6) is 0 Å². The molecule has 0 fully saturated rings. The van der Waals surface area contributed by atoms with Gasteiger partial charge in [-0.25, -0.2) is 4.79 Å². The van der Waals surface area contributed by atoms with Crippen LogP contribution >= 0.6 is 0 Å². The molecule has 0 saturated heterocycles. The maximum atomic E-state index is 9.61. The van der Waals surface area contributed by atoms with Gasteiger partial charge in [-0.15, -0.1) is 4.84 Å². The van der Waals surface area contributed by atoms with Crippen LogP contribution in [0.15, 0.2) is 0 Å². The molecule has 0 saturated carbocycles. The highest BCUT2D eigenvalue weighted by Gasteiger charge is 1.88. The van der Waals surface area contributed by atoms with Crippen LogP contribution in [-0.2, 0) is 9.63 Å². The Morgan fingerprint density at radius 3 is 2.50 bits per heavy atom. The molecule has 0 rings (SSSR count). The van der Waals surface area contributed by atoms with Gasteiger partial charge in [0.1, 0.15) is 0 Å². The summed E-state index contributed by atoms with van der Waals surface area (Å²) >= 11 is 0. The summed E-state index contributed by atoms with van der Waals surface area (Å²) < 4.78 is 0.